The van der Waals surface area contributed by atoms with E-state index in [9.17, 15) is 9.59 Å². The second-order valence-corrected chi connectivity index (χ2v) is 3.96. The number of nitrogens with one attached hydrogen (secondary N) is 2. The number of carboxylic acids is 1. The number of carbonyl (C=O) groups excluding carboxylic acids is 1. The number of hydrogen-bond acceptors (Lipinski definition) is 2. The molecule has 17 heavy (non-hydrogen) atoms. The minimum absolute atomic E-state index is 0.525. The summed E-state index contributed by atoms with van der Waals surface area (Å²) in [5, 5.41) is 13.5. The molecule has 0 spiro atoms. The maximum atomic E-state index is 11.4. The third kappa shape index (κ3) is 3.79. The molecule has 2 amide bonds. The van der Waals surface area contributed by atoms with Crippen molar-refractivity contribution < 1.29 is 14.7 Å². The van der Waals surface area contributed by atoms with Gasteiger partial charge in [0, 0.05) is 5.69 Å². The zero-order valence-corrected chi connectivity index (χ0v) is 10.1. The van der Waals surface area contributed by atoms with Gasteiger partial charge in [0.2, 0.25) is 0 Å². The van der Waals surface area contributed by atoms with E-state index in [4.69, 9.17) is 5.11 Å². The molecule has 0 aliphatic carbocycles. The van der Waals surface area contributed by atoms with Crippen LogP contribution in [0.4, 0.5) is 10.5 Å². The van der Waals surface area contributed by atoms with Crippen LogP contribution in [-0.2, 0) is 4.79 Å². The van der Waals surface area contributed by atoms with Crippen molar-refractivity contribution in [1.29, 1.82) is 0 Å². The first-order valence-electron chi connectivity index (χ1n) is 5.27. The van der Waals surface area contributed by atoms with Crippen LogP contribution in [0.5, 0.6) is 0 Å². The molecule has 1 atom stereocenters. The monoisotopic (exact) mass is 236 g/mol. The van der Waals surface area contributed by atoms with Crippen LogP contribution in [0.15, 0.2) is 18.2 Å². The summed E-state index contributed by atoms with van der Waals surface area (Å²) in [5.74, 6) is -1.07. The van der Waals surface area contributed by atoms with E-state index in [1.165, 1.54) is 6.92 Å². The Labute approximate surface area is 99.8 Å². The Balaban J connectivity index is 2.62. The molecule has 3 N–H and O–H groups in total. The first kappa shape index (κ1) is 13.0. The van der Waals surface area contributed by atoms with E-state index in [0.717, 1.165) is 11.1 Å². The number of aryl methyl sites for hydroxylation is 2. The molecule has 0 saturated carbocycles. The highest BCUT2D eigenvalue weighted by Gasteiger charge is 2.13. The van der Waals surface area contributed by atoms with Crippen molar-refractivity contribution in [1.82, 2.24) is 5.32 Å². The average Bonchev–Trinajstić information content (AvgIpc) is 2.23. The largest absolute Gasteiger partial charge is 0.480 e. The summed E-state index contributed by atoms with van der Waals surface area (Å²) in [6.45, 7) is 5.33. The lowest BCUT2D eigenvalue weighted by molar-refractivity contribution is -0.138. The van der Waals surface area contributed by atoms with Crippen molar-refractivity contribution in [3.63, 3.8) is 0 Å². The molecule has 0 heterocycles. The van der Waals surface area contributed by atoms with E-state index in [-0.39, 0.29) is 0 Å². The van der Waals surface area contributed by atoms with Crippen LogP contribution in [0.1, 0.15) is 18.1 Å². The van der Waals surface area contributed by atoms with Crippen LogP contribution in [0, 0.1) is 13.8 Å². The van der Waals surface area contributed by atoms with Gasteiger partial charge in [-0.3, -0.25) is 4.79 Å². The van der Waals surface area contributed by atoms with E-state index >= 15 is 0 Å². The third-order valence-corrected chi connectivity index (χ3v) is 2.48. The maximum Gasteiger partial charge on any atom is 0.325 e. The predicted octanol–water partition coefficient (Wildman–Crippen LogP) is 1.90. The molecule has 5 heteroatoms. The van der Waals surface area contributed by atoms with Crippen LogP contribution in [0.25, 0.3) is 0 Å². The van der Waals surface area contributed by atoms with Gasteiger partial charge in [-0.05, 0) is 44.0 Å². The fourth-order valence-corrected chi connectivity index (χ4v) is 1.24. The topological polar surface area (TPSA) is 78.4 Å². The highest BCUT2D eigenvalue weighted by molar-refractivity contribution is 5.92. The zero-order chi connectivity index (χ0) is 13.0. The van der Waals surface area contributed by atoms with Crippen molar-refractivity contribution >= 4 is 17.7 Å². The lowest BCUT2D eigenvalue weighted by Crippen LogP contribution is -2.40. The van der Waals surface area contributed by atoms with Crippen LogP contribution < -0.4 is 10.6 Å². The summed E-state index contributed by atoms with van der Waals surface area (Å²) < 4.78 is 0. The summed E-state index contributed by atoms with van der Waals surface area (Å²) in [6, 6.07) is 4.06. The Bertz CT molecular complexity index is 443. The number of rotatable bonds is 3. The molecule has 5 nitrogen and oxygen atoms in total. The number of benzene rings is 1. The molecule has 0 radical (unpaired) electrons. The lowest BCUT2D eigenvalue weighted by Gasteiger charge is -2.11. The standard InChI is InChI=1S/C12H16N2O3/c1-7-4-5-10(6-8(7)2)14-12(17)13-9(3)11(15)16/h4-6,9H,1-3H3,(H,15,16)(H2,13,14,17)/t9-/m0/s1. The molecule has 0 saturated heterocycles. The molecule has 0 unspecified atom stereocenters. The average molecular weight is 236 g/mol. The predicted molar refractivity (Wildman–Crippen MR) is 65.2 cm³/mol. The Morgan fingerprint density at radius 2 is 1.88 bits per heavy atom. The summed E-state index contributed by atoms with van der Waals surface area (Å²) >= 11 is 0. The SMILES string of the molecule is Cc1ccc(NC(=O)N[C@@H](C)C(=O)O)cc1C. The molecule has 1 rings (SSSR count). The summed E-state index contributed by atoms with van der Waals surface area (Å²) in [5.41, 5.74) is 2.84. The van der Waals surface area contributed by atoms with Crippen LogP contribution in [0.3, 0.4) is 0 Å². The van der Waals surface area contributed by atoms with Gasteiger partial charge in [0.15, 0.2) is 0 Å². The number of carbonyl (C=O) groups is 2. The van der Waals surface area contributed by atoms with Crippen molar-refractivity contribution in [3.05, 3.63) is 29.3 Å². The Morgan fingerprint density at radius 1 is 1.24 bits per heavy atom. The second kappa shape index (κ2) is 5.34. The van der Waals surface area contributed by atoms with Gasteiger partial charge in [0.05, 0.1) is 0 Å². The normalized spacial score (nSPS) is 11.7. The van der Waals surface area contributed by atoms with E-state index < -0.39 is 18.0 Å². The Hall–Kier alpha value is -2.04. The number of amides is 2. The highest BCUT2D eigenvalue weighted by atomic mass is 16.4. The van der Waals surface area contributed by atoms with Crippen molar-refractivity contribution in [2.75, 3.05) is 5.32 Å². The van der Waals surface area contributed by atoms with Crippen LogP contribution in [-0.4, -0.2) is 23.1 Å². The number of aliphatic carboxylic acids is 1. The lowest BCUT2D eigenvalue weighted by atomic mass is 10.1. The number of carboxylic acid groups (broad SMARTS) is 1. The molecule has 0 fully saturated rings. The maximum absolute atomic E-state index is 11.4. The van der Waals surface area contributed by atoms with E-state index in [0.29, 0.717) is 5.69 Å². The number of hydrogen-bond donors (Lipinski definition) is 3. The summed E-state index contributed by atoms with van der Waals surface area (Å²) in [7, 11) is 0. The molecule has 92 valence electrons. The van der Waals surface area contributed by atoms with Gasteiger partial charge in [-0.15, -0.1) is 0 Å². The first-order chi connectivity index (χ1) is 7.90. The molecular formula is C12H16N2O3. The molecule has 0 aliphatic rings. The fraction of sp³-hybridized carbons (Fsp3) is 0.333. The first-order valence-corrected chi connectivity index (χ1v) is 5.27. The van der Waals surface area contributed by atoms with E-state index in [1.54, 1.807) is 6.07 Å². The van der Waals surface area contributed by atoms with Gasteiger partial charge >= 0.3 is 12.0 Å². The molecule has 1 aromatic rings. The van der Waals surface area contributed by atoms with Crippen molar-refractivity contribution in [2.24, 2.45) is 0 Å². The van der Waals surface area contributed by atoms with E-state index in [2.05, 4.69) is 10.6 Å². The minimum Gasteiger partial charge on any atom is -0.480 e. The molecule has 0 bridgehead atoms. The Morgan fingerprint density at radius 3 is 2.41 bits per heavy atom. The number of anilines is 1. The molecule has 1 aromatic carbocycles. The third-order valence-electron chi connectivity index (χ3n) is 2.48. The quantitative estimate of drug-likeness (QED) is 0.750. The van der Waals surface area contributed by atoms with Crippen molar-refractivity contribution in [2.45, 2.75) is 26.8 Å². The minimum atomic E-state index is -1.07. The van der Waals surface area contributed by atoms with Gasteiger partial charge in [-0.2, -0.15) is 0 Å². The van der Waals surface area contributed by atoms with Crippen LogP contribution in [0.2, 0.25) is 0 Å². The molecular weight excluding hydrogens is 220 g/mol. The second-order valence-electron chi connectivity index (χ2n) is 3.96. The smallest absolute Gasteiger partial charge is 0.325 e. The zero-order valence-electron chi connectivity index (χ0n) is 10.1. The van der Waals surface area contributed by atoms with Gasteiger partial charge in [-0.1, -0.05) is 6.07 Å². The Kier molecular flexibility index (Phi) is 4.09. The number of urea groups is 1. The van der Waals surface area contributed by atoms with Gasteiger partial charge in [-0.25, -0.2) is 4.79 Å². The van der Waals surface area contributed by atoms with E-state index in [1.807, 2.05) is 26.0 Å². The van der Waals surface area contributed by atoms with Crippen LogP contribution >= 0.6 is 0 Å². The fourth-order valence-electron chi connectivity index (χ4n) is 1.24. The van der Waals surface area contributed by atoms with Gasteiger partial charge in [0.25, 0.3) is 0 Å². The molecule has 0 aromatic heterocycles. The summed E-state index contributed by atoms with van der Waals surface area (Å²) in [6.07, 6.45) is 0. The summed E-state index contributed by atoms with van der Waals surface area (Å²) in [4.78, 5) is 22.0. The highest BCUT2D eigenvalue weighted by Crippen LogP contribution is 2.13. The van der Waals surface area contributed by atoms with Gasteiger partial charge in [0.1, 0.15) is 6.04 Å². The van der Waals surface area contributed by atoms with Gasteiger partial charge < -0.3 is 15.7 Å². The van der Waals surface area contributed by atoms with Crippen molar-refractivity contribution in [3.8, 4) is 0 Å². The molecule has 0 aliphatic heterocycles.